The number of nitrogens with zero attached hydrogens (tertiary/aromatic N) is 3. The van der Waals surface area contributed by atoms with E-state index in [4.69, 9.17) is 16.3 Å². The number of benzene rings is 1. The number of fused-ring (bicyclic) bond motifs is 3. The lowest BCUT2D eigenvalue weighted by Crippen LogP contribution is -2.42. The zero-order valence-corrected chi connectivity index (χ0v) is 14.7. The standard InChI is InChI=1S/C16H15ClFN3O2S/c1-3-23-15(22)12-13(8-6-20(2)7-8)21-10-5-4-9(18)11(17)14(10)24-16(21)19-12/h4-5,8H,3,6-7H2,1-2H3. The maximum atomic E-state index is 13.7. The Morgan fingerprint density at radius 2 is 2.25 bits per heavy atom. The molecule has 0 amide bonds. The highest BCUT2D eigenvalue weighted by molar-refractivity contribution is 7.24. The third-order valence-electron chi connectivity index (χ3n) is 4.27. The van der Waals surface area contributed by atoms with E-state index in [1.807, 2.05) is 11.4 Å². The predicted octanol–water partition coefficient (Wildman–Crippen LogP) is 3.55. The molecule has 3 aromatic rings. The number of halogens is 2. The number of imidazole rings is 1. The second kappa shape index (κ2) is 5.68. The smallest absolute Gasteiger partial charge is 0.358 e. The topological polar surface area (TPSA) is 46.8 Å². The van der Waals surface area contributed by atoms with Gasteiger partial charge >= 0.3 is 5.97 Å². The average Bonchev–Trinajstić information content (AvgIpc) is 3.05. The van der Waals surface area contributed by atoms with Crippen LogP contribution in [0.4, 0.5) is 4.39 Å². The molecular formula is C16H15ClFN3O2S. The van der Waals surface area contributed by atoms with Crippen molar-refractivity contribution in [2.75, 3.05) is 26.7 Å². The first kappa shape index (κ1) is 15.8. The number of thiazole rings is 1. The number of hydrogen-bond donors (Lipinski definition) is 0. The van der Waals surface area contributed by atoms with E-state index in [1.165, 1.54) is 17.4 Å². The molecule has 1 aliphatic heterocycles. The van der Waals surface area contributed by atoms with Crippen LogP contribution in [0.5, 0.6) is 0 Å². The fourth-order valence-electron chi connectivity index (χ4n) is 3.20. The first-order chi connectivity index (χ1) is 11.5. The van der Waals surface area contributed by atoms with Crippen LogP contribution in [-0.4, -0.2) is 47.0 Å². The van der Waals surface area contributed by atoms with Gasteiger partial charge in [-0.2, -0.15) is 0 Å². The SMILES string of the molecule is CCOC(=O)c1nc2sc3c(Cl)c(F)ccc3n2c1C1CN(C)C1. The molecule has 0 saturated carbocycles. The number of carbonyl (C=O) groups excluding carboxylic acids is 1. The Balaban J connectivity index is 1.98. The van der Waals surface area contributed by atoms with Crippen LogP contribution in [0.15, 0.2) is 12.1 Å². The highest BCUT2D eigenvalue weighted by Crippen LogP contribution is 2.38. The van der Waals surface area contributed by atoms with Crippen molar-refractivity contribution in [2.24, 2.45) is 0 Å². The minimum Gasteiger partial charge on any atom is -0.461 e. The van der Waals surface area contributed by atoms with Crippen molar-refractivity contribution in [1.82, 2.24) is 14.3 Å². The van der Waals surface area contributed by atoms with Gasteiger partial charge in [0, 0.05) is 19.0 Å². The van der Waals surface area contributed by atoms with Crippen molar-refractivity contribution in [3.63, 3.8) is 0 Å². The summed E-state index contributed by atoms with van der Waals surface area (Å²) in [5, 5.41) is 0.0948. The molecule has 0 bridgehead atoms. The van der Waals surface area contributed by atoms with E-state index in [1.54, 1.807) is 13.0 Å². The van der Waals surface area contributed by atoms with Crippen molar-refractivity contribution in [2.45, 2.75) is 12.8 Å². The molecule has 4 rings (SSSR count). The van der Waals surface area contributed by atoms with E-state index in [-0.39, 0.29) is 10.9 Å². The van der Waals surface area contributed by atoms with Gasteiger partial charge in [-0.05, 0) is 26.1 Å². The molecule has 0 aliphatic carbocycles. The number of likely N-dealkylation sites (N-methyl/N-ethyl adjacent to an activating group) is 1. The lowest BCUT2D eigenvalue weighted by atomic mass is 9.95. The van der Waals surface area contributed by atoms with Gasteiger partial charge in [0.1, 0.15) is 5.82 Å². The first-order valence-corrected chi connectivity index (χ1v) is 8.85. The lowest BCUT2D eigenvalue weighted by molar-refractivity contribution is 0.0515. The van der Waals surface area contributed by atoms with E-state index < -0.39 is 11.8 Å². The van der Waals surface area contributed by atoms with Gasteiger partial charge < -0.3 is 9.64 Å². The molecule has 0 unspecified atom stereocenters. The van der Waals surface area contributed by atoms with Crippen LogP contribution in [-0.2, 0) is 4.74 Å². The summed E-state index contributed by atoms with van der Waals surface area (Å²) in [5.74, 6) is -0.686. The maximum absolute atomic E-state index is 13.7. The number of likely N-dealkylation sites (tertiary alicyclic amines) is 1. The Morgan fingerprint density at radius 3 is 2.92 bits per heavy atom. The van der Waals surface area contributed by atoms with Gasteiger partial charge in [-0.3, -0.25) is 4.40 Å². The van der Waals surface area contributed by atoms with E-state index in [9.17, 15) is 9.18 Å². The Morgan fingerprint density at radius 1 is 1.50 bits per heavy atom. The van der Waals surface area contributed by atoms with E-state index in [0.717, 1.165) is 24.3 Å². The van der Waals surface area contributed by atoms with Crippen molar-refractivity contribution in [3.05, 3.63) is 34.4 Å². The van der Waals surface area contributed by atoms with Gasteiger partial charge in [0.05, 0.1) is 27.5 Å². The minimum absolute atomic E-state index is 0.0948. The molecule has 1 aromatic carbocycles. The van der Waals surface area contributed by atoms with Crippen LogP contribution in [0.3, 0.4) is 0 Å². The van der Waals surface area contributed by atoms with Crippen LogP contribution >= 0.6 is 22.9 Å². The molecule has 0 radical (unpaired) electrons. The fourth-order valence-corrected chi connectivity index (χ4v) is 4.53. The quantitative estimate of drug-likeness (QED) is 0.664. The Labute approximate surface area is 146 Å². The van der Waals surface area contributed by atoms with Gasteiger partial charge in [0.25, 0.3) is 0 Å². The maximum Gasteiger partial charge on any atom is 0.358 e. The summed E-state index contributed by atoms with van der Waals surface area (Å²) in [6.07, 6.45) is 0. The summed E-state index contributed by atoms with van der Waals surface area (Å²) in [6.45, 7) is 3.75. The average molecular weight is 368 g/mol. The zero-order valence-electron chi connectivity index (χ0n) is 13.2. The third kappa shape index (κ3) is 2.22. The summed E-state index contributed by atoms with van der Waals surface area (Å²) in [4.78, 5) is 19.6. The highest BCUT2D eigenvalue weighted by Gasteiger charge is 2.34. The number of aromatic nitrogens is 2. The van der Waals surface area contributed by atoms with E-state index in [2.05, 4.69) is 9.88 Å². The predicted molar refractivity (Wildman–Crippen MR) is 91.7 cm³/mol. The summed E-state index contributed by atoms with van der Waals surface area (Å²) in [5.41, 5.74) is 1.95. The normalized spacial score (nSPS) is 16.0. The Bertz CT molecular complexity index is 961. The highest BCUT2D eigenvalue weighted by atomic mass is 35.5. The molecule has 1 aliphatic rings. The van der Waals surface area contributed by atoms with Gasteiger partial charge in [-0.25, -0.2) is 14.2 Å². The summed E-state index contributed by atoms with van der Waals surface area (Å²) >= 11 is 7.39. The summed E-state index contributed by atoms with van der Waals surface area (Å²) in [7, 11) is 2.02. The number of ether oxygens (including phenoxy) is 1. The first-order valence-electron chi connectivity index (χ1n) is 7.65. The molecule has 5 nitrogen and oxygen atoms in total. The van der Waals surface area contributed by atoms with E-state index in [0.29, 0.717) is 22.0 Å². The number of carbonyl (C=O) groups is 1. The molecule has 2 aromatic heterocycles. The molecule has 24 heavy (non-hydrogen) atoms. The second-order valence-corrected chi connectivity index (χ2v) is 7.27. The van der Waals surface area contributed by atoms with Crippen molar-refractivity contribution in [1.29, 1.82) is 0 Å². The van der Waals surface area contributed by atoms with Gasteiger partial charge in [0.15, 0.2) is 10.7 Å². The van der Waals surface area contributed by atoms with E-state index >= 15 is 0 Å². The molecule has 3 heterocycles. The van der Waals surface area contributed by atoms with Crippen LogP contribution in [0.1, 0.15) is 29.0 Å². The molecule has 0 N–H and O–H groups in total. The van der Waals surface area contributed by atoms with Crippen LogP contribution in [0.2, 0.25) is 5.02 Å². The fraction of sp³-hybridized carbons (Fsp3) is 0.375. The molecular weight excluding hydrogens is 353 g/mol. The molecule has 1 fully saturated rings. The van der Waals surface area contributed by atoms with Gasteiger partial charge in [0.2, 0.25) is 0 Å². The van der Waals surface area contributed by atoms with Crippen LogP contribution in [0, 0.1) is 5.82 Å². The largest absolute Gasteiger partial charge is 0.461 e. The van der Waals surface area contributed by atoms with Gasteiger partial charge in [-0.15, -0.1) is 0 Å². The zero-order chi connectivity index (χ0) is 17.0. The monoisotopic (exact) mass is 367 g/mol. The molecule has 0 spiro atoms. The molecule has 8 heteroatoms. The Kier molecular flexibility index (Phi) is 3.74. The summed E-state index contributed by atoms with van der Waals surface area (Å²) in [6, 6.07) is 3.03. The van der Waals surface area contributed by atoms with Crippen molar-refractivity contribution < 1.29 is 13.9 Å². The minimum atomic E-state index is -0.454. The molecule has 1 saturated heterocycles. The molecule has 0 atom stereocenters. The second-order valence-electron chi connectivity index (χ2n) is 5.91. The number of rotatable bonds is 3. The third-order valence-corrected chi connectivity index (χ3v) is 5.82. The number of hydrogen-bond acceptors (Lipinski definition) is 5. The lowest BCUT2D eigenvalue weighted by Gasteiger charge is -2.36. The van der Waals surface area contributed by atoms with Crippen LogP contribution < -0.4 is 0 Å². The Hall–Kier alpha value is -1.70. The number of esters is 1. The molecule has 126 valence electrons. The van der Waals surface area contributed by atoms with Gasteiger partial charge in [-0.1, -0.05) is 22.9 Å². The van der Waals surface area contributed by atoms with Crippen LogP contribution in [0.25, 0.3) is 15.2 Å². The van der Waals surface area contributed by atoms with Crippen molar-refractivity contribution >= 4 is 44.1 Å². The summed E-state index contributed by atoms with van der Waals surface area (Å²) < 4.78 is 21.5. The van der Waals surface area contributed by atoms with Crippen molar-refractivity contribution in [3.8, 4) is 0 Å².